The van der Waals surface area contributed by atoms with E-state index >= 15 is 0 Å². The highest BCUT2D eigenvalue weighted by molar-refractivity contribution is 7.20. The van der Waals surface area contributed by atoms with Crippen LogP contribution in [0.1, 0.15) is 30.1 Å². The summed E-state index contributed by atoms with van der Waals surface area (Å²) < 4.78 is 15.3. The van der Waals surface area contributed by atoms with Crippen molar-refractivity contribution in [2.45, 2.75) is 19.8 Å². The van der Waals surface area contributed by atoms with Crippen LogP contribution in [0.15, 0.2) is 35.3 Å². The van der Waals surface area contributed by atoms with E-state index in [0.29, 0.717) is 42.7 Å². The molecular formula is C22H25FN6O2S. The molecular weight excluding hydrogens is 431 g/mol. The van der Waals surface area contributed by atoms with Crippen LogP contribution in [0.2, 0.25) is 0 Å². The maximum absolute atomic E-state index is 14.1. The quantitative estimate of drug-likeness (QED) is 0.603. The lowest BCUT2D eigenvalue weighted by molar-refractivity contribution is 0.0744. The van der Waals surface area contributed by atoms with Crippen molar-refractivity contribution >= 4 is 33.0 Å². The van der Waals surface area contributed by atoms with Crippen LogP contribution in [-0.2, 0) is 0 Å². The Kier molecular flexibility index (Phi) is 5.54. The Bertz CT molecular complexity index is 1200. The number of piperidine rings is 1. The van der Waals surface area contributed by atoms with Crippen LogP contribution in [0.4, 0.5) is 15.2 Å². The van der Waals surface area contributed by atoms with Gasteiger partial charge in [-0.1, -0.05) is 30.4 Å². The van der Waals surface area contributed by atoms with Gasteiger partial charge in [0, 0.05) is 45.5 Å². The van der Waals surface area contributed by atoms with Crippen molar-refractivity contribution in [2.75, 3.05) is 49.1 Å². The number of carbonyl (C=O) groups excluding carboxylic acids is 1. The molecule has 0 saturated carbocycles. The van der Waals surface area contributed by atoms with Crippen LogP contribution >= 0.6 is 11.3 Å². The van der Waals surface area contributed by atoms with Gasteiger partial charge in [-0.05, 0) is 30.9 Å². The van der Waals surface area contributed by atoms with E-state index in [1.54, 1.807) is 23.1 Å². The summed E-state index contributed by atoms with van der Waals surface area (Å²) >= 11 is 1.37. The van der Waals surface area contributed by atoms with Gasteiger partial charge in [0.2, 0.25) is 10.1 Å². The Morgan fingerprint density at radius 2 is 1.91 bits per heavy atom. The van der Waals surface area contributed by atoms with Gasteiger partial charge in [-0.3, -0.25) is 9.59 Å². The van der Waals surface area contributed by atoms with Gasteiger partial charge in [0.05, 0.1) is 5.69 Å². The summed E-state index contributed by atoms with van der Waals surface area (Å²) in [4.78, 5) is 36.7. The summed E-state index contributed by atoms with van der Waals surface area (Å²) in [5.41, 5.74) is 0.111. The van der Waals surface area contributed by atoms with Crippen LogP contribution in [0.5, 0.6) is 0 Å². The minimum absolute atomic E-state index is 0.0192. The van der Waals surface area contributed by atoms with Gasteiger partial charge in [-0.2, -0.15) is 4.52 Å². The third kappa shape index (κ3) is 3.83. The summed E-state index contributed by atoms with van der Waals surface area (Å²) in [5, 5.41) is 5.25. The maximum Gasteiger partial charge on any atom is 0.288 e. The van der Waals surface area contributed by atoms with E-state index in [1.165, 1.54) is 34.5 Å². The highest BCUT2D eigenvalue weighted by Gasteiger charge is 2.27. The van der Waals surface area contributed by atoms with Gasteiger partial charge >= 0.3 is 0 Å². The Morgan fingerprint density at radius 3 is 2.66 bits per heavy atom. The first-order valence-corrected chi connectivity index (χ1v) is 11.8. The van der Waals surface area contributed by atoms with E-state index in [1.807, 2.05) is 4.90 Å². The van der Waals surface area contributed by atoms with E-state index in [2.05, 4.69) is 21.9 Å². The van der Waals surface area contributed by atoms with Crippen molar-refractivity contribution in [1.29, 1.82) is 0 Å². The summed E-state index contributed by atoms with van der Waals surface area (Å²) in [7, 11) is 0. The average Bonchev–Trinajstić information content (AvgIpc) is 3.25. The maximum atomic E-state index is 14.1. The topological polar surface area (TPSA) is 74.1 Å². The highest BCUT2D eigenvalue weighted by Crippen LogP contribution is 2.26. The number of nitrogens with zero attached hydrogens (tertiary/aromatic N) is 6. The zero-order valence-electron chi connectivity index (χ0n) is 17.9. The Labute approximate surface area is 188 Å². The van der Waals surface area contributed by atoms with E-state index in [9.17, 15) is 14.0 Å². The number of amides is 1. The second-order valence-corrected chi connectivity index (χ2v) is 9.41. The second kappa shape index (κ2) is 8.50. The largest absolute Gasteiger partial charge is 0.366 e. The fourth-order valence-electron chi connectivity index (χ4n) is 4.44. The first-order chi connectivity index (χ1) is 15.5. The molecule has 0 spiro atoms. The lowest BCUT2D eigenvalue weighted by Crippen LogP contribution is -2.50. The lowest BCUT2D eigenvalue weighted by Gasteiger charge is -2.36. The molecule has 10 heteroatoms. The predicted octanol–water partition coefficient (Wildman–Crippen LogP) is 2.49. The first kappa shape index (κ1) is 20.9. The van der Waals surface area contributed by atoms with Crippen LogP contribution < -0.4 is 15.4 Å². The highest BCUT2D eigenvalue weighted by atomic mass is 32.1. The predicted molar refractivity (Wildman–Crippen MR) is 122 cm³/mol. The van der Waals surface area contributed by atoms with Gasteiger partial charge in [-0.15, -0.1) is 5.10 Å². The number of para-hydroxylation sites is 1. The fourth-order valence-corrected chi connectivity index (χ4v) is 5.34. The number of hydrogen-bond donors (Lipinski definition) is 0. The standard InChI is InChI=1S/C22H25FN6O2S/c1-15-5-4-8-28(14-15)22-25-29-20(31)16(13-24-21(29)32-22)19(30)27-11-9-26(10-12-27)18-7-3-2-6-17(18)23/h2-3,6-7,13,15H,4-5,8-12,14H2,1H3/t15-/m0/s1. The van der Waals surface area contributed by atoms with Gasteiger partial charge in [0.1, 0.15) is 11.4 Å². The van der Waals surface area contributed by atoms with E-state index in [-0.39, 0.29) is 17.3 Å². The number of benzene rings is 1. The Morgan fingerprint density at radius 1 is 1.12 bits per heavy atom. The molecule has 0 N–H and O–H groups in total. The molecule has 2 aromatic heterocycles. The van der Waals surface area contributed by atoms with Crippen LogP contribution in [0.25, 0.3) is 4.96 Å². The molecule has 0 unspecified atom stereocenters. The molecule has 0 bridgehead atoms. The molecule has 2 fully saturated rings. The van der Waals surface area contributed by atoms with Crippen molar-refractivity contribution in [2.24, 2.45) is 5.92 Å². The number of hydrogen-bond acceptors (Lipinski definition) is 7. The van der Waals surface area contributed by atoms with E-state index < -0.39 is 5.56 Å². The monoisotopic (exact) mass is 456 g/mol. The molecule has 3 aromatic rings. The van der Waals surface area contributed by atoms with Crippen molar-refractivity contribution in [3.05, 3.63) is 52.2 Å². The molecule has 4 heterocycles. The third-order valence-electron chi connectivity index (χ3n) is 6.19. The molecule has 0 radical (unpaired) electrons. The van der Waals surface area contributed by atoms with E-state index in [0.717, 1.165) is 24.6 Å². The number of halogens is 1. The van der Waals surface area contributed by atoms with Crippen molar-refractivity contribution in [3.63, 3.8) is 0 Å². The molecule has 32 heavy (non-hydrogen) atoms. The van der Waals surface area contributed by atoms with Crippen LogP contribution in [0.3, 0.4) is 0 Å². The minimum Gasteiger partial charge on any atom is -0.366 e. The molecule has 5 rings (SSSR count). The van der Waals surface area contributed by atoms with Gasteiger partial charge in [-0.25, -0.2) is 9.37 Å². The summed E-state index contributed by atoms with van der Waals surface area (Å²) in [6.07, 6.45) is 3.66. The lowest BCUT2D eigenvalue weighted by atomic mass is 10.0. The summed E-state index contributed by atoms with van der Waals surface area (Å²) in [5.74, 6) is -0.0468. The number of rotatable bonds is 3. The minimum atomic E-state index is -0.441. The van der Waals surface area contributed by atoms with Crippen LogP contribution in [-0.4, -0.2) is 64.7 Å². The van der Waals surface area contributed by atoms with Crippen molar-refractivity contribution in [3.8, 4) is 0 Å². The average molecular weight is 457 g/mol. The number of aromatic nitrogens is 3. The zero-order chi connectivity index (χ0) is 22.2. The molecule has 0 aliphatic carbocycles. The summed E-state index contributed by atoms with van der Waals surface area (Å²) in [6.45, 7) is 5.85. The zero-order valence-corrected chi connectivity index (χ0v) is 18.7. The number of fused-ring (bicyclic) bond motifs is 1. The smallest absolute Gasteiger partial charge is 0.288 e. The van der Waals surface area contributed by atoms with Crippen molar-refractivity contribution < 1.29 is 9.18 Å². The number of carbonyl (C=O) groups is 1. The van der Waals surface area contributed by atoms with Gasteiger partial charge in [0.25, 0.3) is 11.5 Å². The number of piperazine rings is 1. The van der Waals surface area contributed by atoms with Crippen LogP contribution in [0, 0.1) is 11.7 Å². The summed E-state index contributed by atoms with van der Waals surface area (Å²) in [6, 6.07) is 6.62. The Hall–Kier alpha value is -3.01. The first-order valence-electron chi connectivity index (χ1n) is 10.9. The van der Waals surface area contributed by atoms with Gasteiger partial charge < -0.3 is 14.7 Å². The molecule has 1 amide bonds. The SMILES string of the molecule is C[C@H]1CCCN(c2nn3c(=O)c(C(=O)N4CCN(c5ccccc5F)CC4)cnc3s2)C1. The molecule has 168 valence electrons. The third-order valence-corrected chi connectivity index (χ3v) is 7.18. The molecule has 2 aliphatic heterocycles. The van der Waals surface area contributed by atoms with Gasteiger partial charge in [0.15, 0.2) is 0 Å². The second-order valence-electron chi connectivity index (χ2n) is 8.48. The van der Waals surface area contributed by atoms with E-state index in [4.69, 9.17) is 0 Å². The van der Waals surface area contributed by atoms with Crippen molar-refractivity contribution in [1.82, 2.24) is 19.5 Å². The number of anilines is 2. The molecule has 8 nitrogen and oxygen atoms in total. The Balaban J connectivity index is 1.33. The molecule has 1 atom stereocenters. The normalized spacial score (nSPS) is 19.6. The molecule has 2 aliphatic rings. The molecule has 2 saturated heterocycles. The molecule has 1 aromatic carbocycles. The fraction of sp³-hybridized carbons (Fsp3) is 0.455.